The van der Waals surface area contributed by atoms with Crippen molar-refractivity contribution in [2.24, 2.45) is 0 Å². The van der Waals surface area contributed by atoms with Crippen LogP contribution in [0, 0.1) is 20.6 Å². The van der Waals surface area contributed by atoms with Gasteiger partial charge >= 0.3 is 5.82 Å². The molecular formula is C6H5IN2O2. The van der Waals surface area contributed by atoms with Crippen molar-refractivity contribution in [3.05, 3.63) is 31.5 Å². The molecule has 0 saturated heterocycles. The summed E-state index contributed by atoms with van der Waals surface area (Å²) >= 11 is 2.08. The summed E-state index contributed by atoms with van der Waals surface area (Å²) in [6.07, 6.45) is 1.49. The highest BCUT2D eigenvalue weighted by molar-refractivity contribution is 14.1. The van der Waals surface area contributed by atoms with Crippen molar-refractivity contribution in [2.75, 3.05) is 0 Å². The van der Waals surface area contributed by atoms with E-state index in [1.54, 1.807) is 0 Å². The van der Waals surface area contributed by atoms with Gasteiger partial charge in [0.25, 0.3) is 0 Å². The molecule has 0 spiro atoms. The van der Waals surface area contributed by atoms with E-state index in [2.05, 4.69) is 27.6 Å². The van der Waals surface area contributed by atoms with Gasteiger partial charge in [0.2, 0.25) is 0 Å². The van der Waals surface area contributed by atoms with Crippen molar-refractivity contribution < 1.29 is 4.92 Å². The highest BCUT2D eigenvalue weighted by Gasteiger charge is 2.07. The second kappa shape index (κ2) is 3.12. The highest BCUT2D eigenvalue weighted by Crippen LogP contribution is 2.14. The molecule has 0 bridgehead atoms. The Morgan fingerprint density at radius 2 is 2.36 bits per heavy atom. The molecule has 0 aromatic carbocycles. The minimum Gasteiger partial charge on any atom is -0.358 e. The number of aryl methyl sites for hydroxylation is 1. The zero-order valence-corrected chi connectivity index (χ0v) is 7.90. The van der Waals surface area contributed by atoms with Gasteiger partial charge in [0.1, 0.15) is 0 Å². The summed E-state index contributed by atoms with van der Waals surface area (Å²) < 4.78 is 0.938. The normalized spacial score (nSPS) is 9.64. The molecule has 0 amide bonds. The van der Waals surface area contributed by atoms with Gasteiger partial charge in [-0.3, -0.25) is 0 Å². The minimum absolute atomic E-state index is 0.0945. The molecule has 1 rings (SSSR count). The molecule has 0 unspecified atom stereocenters. The van der Waals surface area contributed by atoms with Crippen LogP contribution in [0.5, 0.6) is 0 Å². The molecule has 1 aromatic rings. The van der Waals surface area contributed by atoms with Crippen LogP contribution in [-0.2, 0) is 0 Å². The van der Waals surface area contributed by atoms with Crippen LogP contribution in [0.2, 0.25) is 0 Å². The fourth-order valence-corrected chi connectivity index (χ4v) is 0.919. The molecule has 0 aliphatic heterocycles. The van der Waals surface area contributed by atoms with Crippen molar-refractivity contribution in [3.63, 3.8) is 0 Å². The van der Waals surface area contributed by atoms with Crippen LogP contribution in [0.25, 0.3) is 0 Å². The van der Waals surface area contributed by atoms with Crippen LogP contribution >= 0.6 is 22.6 Å². The predicted molar refractivity (Wildman–Crippen MR) is 48.3 cm³/mol. The minimum atomic E-state index is -0.497. The van der Waals surface area contributed by atoms with Crippen molar-refractivity contribution in [1.29, 1.82) is 0 Å². The zero-order chi connectivity index (χ0) is 8.43. The maximum atomic E-state index is 10.2. The fourth-order valence-electron chi connectivity index (χ4n) is 0.624. The number of rotatable bonds is 1. The molecular weight excluding hydrogens is 259 g/mol. The standard InChI is InChI=1S/C6H5IN2O2/c1-4-2-6(9(10)11)8-3-5(4)7/h2-3H,1H3. The number of pyridine rings is 1. The van der Waals surface area contributed by atoms with Gasteiger partial charge in [-0.2, -0.15) is 0 Å². The summed E-state index contributed by atoms with van der Waals surface area (Å²) in [5.74, 6) is -0.0945. The van der Waals surface area contributed by atoms with Gasteiger partial charge in [0.05, 0.1) is 3.57 Å². The second-order valence-corrected chi connectivity index (χ2v) is 3.21. The molecule has 0 saturated carbocycles. The number of halogens is 1. The van der Waals surface area contributed by atoms with E-state index < -0.39 is 4.92 Å². The maximum absolute atomic E-state index is 10.2. The van der Waals surface area contributed by atoms with E-state index in [4.69, 9.17) is 0 Å². The average Bonchev–Trinajstić information content (AvgIpc) is 1.94. The first-order valence-electron chi connectivity index (χ1n) is 2.88. The lowest BCUT2D eigenvalue weighted by atomic mass is 10.3. The van der Waals surface area contributed by atoms with Gasteiger partial charge in [-0.15, -0.1) is 0 Å². The molecule has 1 heterocycles. The quantitative estimate of drug-likeness (QED) is 0.442. The molecule has 0 N–H and O–H groups in total. The first-order chi connectivity index (χ1) is 5.11. The van der Waals surface area contributed by atoms with E-state index in [0.29, 0.717) is 0 Å². The molecule has 0 aliphatic rings. The van der Waals surface area contributed by atoms with E-state index >= 15 is 0 Å². The van der Waals surface area contributed by atoms with Crippen LogP contribution in [0.1, 0.15) is 5.56 Å². The van der Waals surface area contributed by atoms with Crippen LogP contribution in [-0.4, -0.2) is 9.91 Å². The van der Waals surface area contributed by atoms with E-state index in [-0.39, 0.29) is 5.82 Å². The summed E-state index contributed by atoms with van der Waals surface area (Å²) in [5, 5.41) is 10.2. The Bertz CT molecular complexity index is 301. The highest BCUT2D eigenvalue weighted by atomic mass is 127. The lowest BCUT2D eigenvalue weighted by Crippen LogP contribution is -1.93. The molecule has 0 aliphatic carbocycles. The fraction of sp³-hybridized carbons (Fsp3) is 0.167. The Kier molecular flexibility index (Phi) is 2.38. The van der Waals surface area contributed by atoms with Crippen LogP contribution in [0.4, 0.5) is 5.82 Å². The van der Waals surface area contributed by atoms with Crippen molar-refractivity contribution in [2.45, 2.75) is 6.92 Å². The third kappa shape index (κ3) is 1.86. The first-order valence-corrected chi connectivity index (χ1v) is 3.95. The summed E-state index contributed by atoms with van der Waals surface area (Å²) in [4.78, 5) is 13.3. The number of nitrogens with zero attached hydrogens (tertiary/aromatic N) is 2. The summed E-state index contributed by atoms with van der Waals surface area (Å²) in [6, 6.07) is 1.46. The van der Waals surface area contributed by atoms with E-state index in [9.17, 15) is 10.1 Å². The van der Waals surface area contributed by atoms with E-state index in [0.717, 1.165) is 9.13 Å². The van der Waals surface area contributed by atoms with Gasteiger partial charge < -0.3 is 10.1 Å². The van der Waals surface area contributed by atoms with Crippen LogP contribution < -0.4 is 0 Å². The number of aromatic nitrogens is 1. The molecule has 0 fully saturated rings. The lowest BCUT2D eigenvalue weighted by Gasteiger charge is -1.94. The Morgan fingerprint density at radius 3 is 2.82 bits per heavy atom. The van der Waals surface area contributed by atoms with Gasteiger partial charge in [0, 0.05) is 6.07 Å². The molecule has 0 atom stereocenters. The second-order valence-electron chi connectivity index (χ2n) is 2.05. The molecule has 58 valence electrons. The Hall–Kier alpha value is -0.720. The number of hydrogen-bond donors (Lipinski definition) is 0. The number of nitro groups is 1. The Labute approximate surface area is 76.9 Å². The Balaban J connectivity index is 3.15. The molecule has 4 nitrogen and oxygen atoms in total. The lowest BCUT2D eigenvalue weighted by molar-refractivity contribution is -0.389. The maximum Gasteiger partial charge on any atom is 0.363 e. The SMILES string of the molecule is Cc1cc([N+](=O)[O-])ncc1I. The topological polar surface area (TPSA) is 56.0 Å². The van der Waals surface area contributed by atoms with Gasteiger partial charge in [-0.05, 0) is 45.0 Å². The first kappa shape index (κ1) is 8.38. The van der Waals surface area contributed by atoms with Crippen molar-refractivity contribution in [1.82, 2.24) is 4.98 Å². The third-order valence-corrected chi connectivity index (χ3v) is 2.35. The largest absolute Gasteiger partial charge is 0.363 e. The smallest absolute Gasteiger partial charge is 0.358 e. The molecule has 0 radical (unpaired) electrons. The van der Waals surface area contributed by atoms with Gasteiger partial charge in [-0.25, -0.2) is 0 Å². The van der Waals surface area contributed by atoms with E-state index in [1.165, 1.54) is 12.3 Å². The van der Waals surface area contributed by atoms with Crippen LogP contribution in [0.3, 0.4) is 0 Å². The van der Waals surface area contributed by atoms with Gasteiger partial charge in [0.15, 0.2) is 6.20 Å². The molecule has 1 aromatic heterocycles. The summed E-state index contributed by atoms with van der Waals surface area (Å²) in [7, 11) is 0. The Morgan fingerprint density at radius 1 is 1.73 bits per heavy atom. The third-order valence-electron chi connectivity index (χ3n) is 1.22. The average molecular weight is 264 g/mol. The van der Waals surface area contributed by atoms with Crippen LogP contribution in [0.15, 0.2) is 12.3 Å². The van der Waals surface area contributed by atoms with Crippen molar-refractivity contribution >= 4 is 28.4 Å². The summed E-state index contributed by atoms with van der Waals surface area (Å²) in [5.41, 5.74) is 0.882. The van der Waals surface area contributed by atoms with Crippen molar-refractivity contribution in [3.8, 4) is 0 Å². The van der Waals surface area contributed by atoms with E-state index in [1.807, 2.05) is 6.92 Å². The summed E-state index contributed by atoms with van der Waals surface area (Å²) in [6.45, 7) is 1.82. The predicted octanol–water partition coefficient (Wildman–Crippen LogP) is 1.90. The molecule has 11 heavy (non-hydrogen) atoms. The number of hydrogen-bond acceptors (Lipinski definition) is 3. The zero-order valence-electron chi connectivity index (χ0n) is 5.74. The van der Waals surface area contributed by atoms with Gasteiger partial charge in [-0.1, -0.05) is 0 Å². The molecule has 5 heteroatoms. The monoisotopic (exact) mass is 264 g/mol.